The lowest BCUT2D eigenvalue weighted by Gasteiger charge is -2.07. The minimum absolute atomic E-state index is 0.158. The van der Waals surface area contributed by atoms with Gasteiger partial charge in [0.15, 0.2) is 5.82 Å². The Hall–Kier alpha value is -2.74. The van der Waals surface area contributed by atoms with Crippen molar-refractivity contribution in [3.8, 4) is 17.1 Å². The second-order valence-corrected chi connectivity index (χ2v) is 6.02. The molecule has 1 aromatic carbocycles. The van der Waals surface area contributed by atoms with Gasteiger partial charge in [-0.1, -0.05) is 25.5 Å². The molecule has 0 bridgehead atoms. The third-order valence-electron chi connectivity index (χ3n) is 3.86. The molecule has 0 saturated carbocycles. The van der Waals surface area contributed by atoms with E-state index in [-0.39, 0.29) is 30.0 Å². The van der Waals surface area contributed by atoms with E-state index in [0.29, 0.717) is 25.6 Å². The molecule has 0 unspecified atom stereocenters. The first-order valence-electron chi connectivity index (χ1n) is 9.08. The number of hydrogen-bond donors (Lipinski definition) is 2. The quantitative estimate of drug-likeness (QED) is 0.580. The van der Waals surface area contributed by atoms with Gasteiger partial charge in [-0.25, -0.2) is 0 Å². The zero-order valence-electron chi connectivity index (χ0n) is 15.8. The molecule has 2 N–H and O–H groups in total. The van der Waals surface area contributed by atoms with Crippen LogP contribution in [0.3, 0.4) is 0 Å². The second kappa shape index (κ2) is 11.1. The topological polar surface area (TPSA) is 106 Å². The number of unbranched alkanes of at least 4 members (excludes halogenated alkanes) is 1. The van der Waals surface area contributed by atoms with Crippen LogP contribution in [0.2, 0.25) is 0 Å². The van der Waals surface area contributed by atoms with Gasteiger partial charge in [0.1, 0.15) is 11.4 Å². The number of methoxy groups -OCH3 is 1. The van der Waals surface area contributed by atoms with Crippen molar-refractivity contribution in [1.29, 1.82) is 0 Å². The number of carbonyl (C=O) groups excluding carboxylic acids is 1. The normalized spacial score (nSPS) is 10.6. The summed E-state index contributed by atoms with van der Waals surface area (Å²) in [5, 5.41) is 10.8. The van der Waals surface area contributed by atoms with Gasteiger partial charge in [0.05, 0.1) is 13.2 Å². The molecule has 1 aromatic heterocycles. The molecule has 0 saturated heterocycles. The highest BCUT2D eigenvalue weighted by Crippen LogP contribution is 2.20. The molecule has 2 rings (SSSR count). The summed E-state index contributed by atoms with van der Waals surface area (Å²) in [5.41, 5.74) is 0.607. The first kappa shape index (κ1) is 20.6. The molecule has 0 fully saturated rings. The Morgan fingerprint density at radius 3 is 2.85 bits per heavy atom. The van der Waals surface area contributed by atoms with Crippen LogP contribution in [-0.2, 0) is 16.0 Å². The Morgan fingerprint density at radius 1 is 1.26 bits per heavy atom. The van der Waals surface area contributed by atoms with Gasteiger partial charge in [-0.05, 0) is 18.6 Å². The van der Waals surface area contributed by atoms with Crippen molar-refractivity contribution in [2.45, 2.75) is 32.6 Å². The van der Waals surface area contributed by atoms with Crippen LogP contribution in [-0.4, -0.2) is 48.0 Å². The molecule has 2 aromatic rings. The van der Waals surface area contributed by atoms with Crippen LogP contribution < -0.4 is 15.6 Å². The number of nitrogens with zero attached hydrogens (tertiary/aromatic N) is 2. The van der Waals surface area contributed by atoms with Gasteiger partial charge in [0.25, 0.3) is 5.56 Å². The van der Waals surface area contributed by atoms with Crippen molar-refractivity contribution in [3.63, 3.8) is 0 Å². The van der Waals surface area contributed by atoms with Crippen LogP contribution in [0.4, 0.5) is 0 Å². The molecule has 0 aliphatic heterocycles. The zero-order valence-corrected chi connectivity index (χ0v) is 15.8. The molecule has 0 radical (unpaired) electrons. The summed E-state index contributed by atoms with van der Waals surface area (Å²) in [4.78, 5) is 26.7. The van der Waals surface area contributed by atoms with E-state index in [2.05, 4.69) is 27.4 Å². The molecule has 0 aliphatic carbocycles. The molecule has 0 spiro atoms. The molecule has 8 heteroatoms. The average molecular weight is 374 g/mol. The number of ether oxygens (including phenoxy) is 2. The summed E-state index contributed by atoms with van der Waals surface area (Å²) in [7, 11) is 1.57. The molecule has 146 valence electrons. The number of H-pyrrole nitrogens is 1. The number of benzene rings is 1. The number of carbonyl (C=O) groups is 1. The number of nitrogens with one attached hydrogen (secondary N) is 2. The van der Waals surface area contributed by atoms with E-state index < -0.39 is 0 Å². The summed E-state index contributed by atoms with van der Waals surface area (Å²) in [6.07, 6.45) is 2.43. The Morgan fingerprint density at radius 2 is 2.11 bits per heavy atom. The predicted octanol–water partition coefficient (Wildman–Crippen LogP) is 1.71. The molecule has 27 heavy (non-hydrogen) atoms. The lowest BCUT2D eigenvalue weighted by molar-refractivity contribution is -0.121. The number of amides is 1. The van der Waals surface area contributed by atoms with E-state index in [9.17, 15) is 9.59 Å². The van der Waals surface area contributed by atoms with Crippen molar-refractivity contribution in [3.05, 3.63) is 40.3 Å². The van der Waals surface area contributed by atoms with Crippen molar-refractivity contribution in [1.82, 2.24) is 20.5 Å². The van der Waals surface area contributed by atoms with E-state index in [0.717, 1.165) is 24.2 Å². The number of rotatable bonds is 11. The Bertz CT molecular complexity index is 791. The summed E-state index contributed by atoms with van der Waals surface area (Å²) in [6.45, 7) is 3.63. The second-order valence-electron chi connectivity index (χ2n) is 6.02. The van der Waals surface area contributed by atoms with Gasteiger partial charge in [-0.3, -0.25) is 9.59 Å². The van der Waals surface area contributed by atoms with Gasteiger partial charge in [-0.2, -0.15) is 0 Å². The first-order valence-corrected chi connectivity index (χ1v) is 9.08. The van der Waals surface area contributed by atoms with Gasteiger partial charge in [-0.15, -0.1) is 10.2 Å². The van der Waals surface area contributed by atoms with Crippen molar-refractivity contribution in [2.24, 2.45) is 0 Å². The highest BCUT2D eigenvalue weighted by molar-refractivity contribution is 5.76. The highest BCUT2D eigenvalue weighted by atomic mass is 16.5. The van der Waals surface area contributed by atoms with Crippen LogP contribution >= 0.6 is 0 Å². The lowest BCUT2D eigenvalue weighted by atomic mass is 10.2. The summed E-state index contributed by atoms with van der Waals surface area (Å²) >= 11 is 0. The van der Waals surface area contributed by atoms with Crippen molar-refractivity contribution < 1.29 is 14.3 Å². The average Bonchev–Trinajstić information content (AvgIpc) is 2.68. The molecule has 1 heterocycles. The van der Waals surface area contributed by atoms with Gasteiger partial charge in [0.2, 0.25) is 5.91 Å². The smallest absolute Gasteiger partial charge is 0.273 e. The van der Waals surface area contributed by atoms with Gasteiger partial charge >= 0.3 is 0 Å². The summed E-state index contributed by atoms with van der Waals surface area (Å²) in [6, 6.07) is 7.35. The Balaban J connectivity index is 1.99. The van der Waals surface area contributed by atoms with E-state index in [1.807, 2.05) is 24.3 Å². The fraction of sp³-hybridized carbons (Fsp3) is 0.474. The van der Waals surface area contributed by atoms with Crippen LogP contribution in [0.15, 0.2) is 29.1 Å². The third kappa shape index (κ3) is 6.82. The number of aryl methyl sites for hydroxylation is 1. The summed E-state index contributed by atoms with van der Waals surface area (Å²) < 4.78 is 10.5. The first-order chi connectivity index (χ1) is 13.1. The van der Waals surface area contributed by atoms with Crippen LogP contribution in [0, 0.1) is 0 Å². The molecule has 8 nitrogen and oxygen atoms in total. The number of aromatic nitrogens is 3. The fourth-order valence-corrected chi connectivity index (χ4v) is 2.33. The largest absolute Gasteiger partial charge is 0.494 e. The third-order valence-corrected chi connectivity index (χ3v) is 3.86. The minimum atomic E-state index is -0.345. The van der Waals surface area contributed by atoms with E-state index >= 15 is 0 Å². The van der Waals surface area contributed by atoms with Crippen LogP contribution in [0.25, 0.3) is 11.4 Å². The standard InChI is InChI=1S/C19H26N4O4/c1-3-4-11-27-15-7-5-6-14(13-15)18-21-19(25)16(22-23-18)8-9-17(24)20-10-12-26-2/h5-7,13H,3-4,8-12H2,1-2H3,(H,20,24)(H,21,23,25). The van der Waals surface area contributed by atoms with Crippen molar-refractivity contribution >= 4 is 5.91 Å². The van der Waals surface area contributed by atoms with Crippen molar-refractivity contribution in [2.75, 3.05) is 26.9 Å². The minimum Gasteiger partial charge on any atom is -0.494 e. The highest BCUT2D eigenvalue weighted by Gasteiger charge is 2.10. The SMILES string of the molecule is CCCCOc1cccc(-c2nnc(CCC(=O)NCCOC)c(=O)[nH]2)c1. The predicted molar refractivity (Wildman–Crippen MR) is 102 cm³/mol. The molecule has 0 atom stereocenters. The molecule has 0 aliphatic rings. The fourth-order valence-electron chi connectivity index (χ4n) is 2.33. The van der Waals surface area contributed by atoms with Crippen LogP contribution in [0.1, 0.15) is 31.9 Å². The maximum Gasteiger partial charge on any atom is 0.273 e. The van der Waals surface area contributed by atoms with Gasteiger partial charge in [0, 0.05) is 32.1 Å². The van der Waals surface area contributed by atoms with E-state index in [4.69, 9.17) is 9.47 Å². The molecule has 1 amide bonds. The lowest BCUT2D eigenvalue weighted by Crippen LogP contribution is -2.28. The number of aromatic amines is 1. The maximum absolute atomic E-state index is 12.2. The Labute approximate surface area is 158 Å². The zero-order chi connectivity index (χ0) is 19.5. The summed E-state index contributed by atoms with van der Waals surface area (Å²) in [5.74, 6) is 0.934. The molecular weight excluding hydrogens is 348 g/mol. The number of hydrogen-bond acceptors (Lipinski definition) is 6. The van der Waals surface area contributed by atoms with E-state index in [1.165, 1.54) is 0 Å². The van der Waals surface area contributed by atoms with Gasteiger partial charge < -0.3 is 19.8 Å². The maximum atomic E-state index is 12.2. The van der Waals surface area contributed by atoms with Crippen LogP contribution in [0.5, 0.6) is 5.75 Å². The Kier molecular flexibility index (Phi) is 8.44. The monoisotopic (exact) mass is 374 g/mol. The molecular formula is C19H26N4O4. The van der Waals surface area contributed by atoms with E-state index in [1.54, 1.807) is 7.11 Å².